The predicted octanol–water partition coefficient (Wildman–Crippen LogP) is 2.89. The average Bonchev–Trinajstić information content (AvgIpc) is 2.28. The lowest BCUT2D eigenvalue weighted by Crippen LogP contribution is -2.32. The van der Waals surface area contributed by atoms with Gasteiger partial charge in [-0.3, -0.25) is 0 Å². The van der Waals surface area contributed by atoms with Crippen LogP contribution in [0.3, 0.4) is 0 Å². The van der Waals surface area contributed by atoms with Crippen molar-refractivity contribution < 1.29 is 4.74 Å². The van der Waals surface area contributed by atoms with Crippen LogP contribution >= 0.6 is 15.9 Å². The van der Waals surface area contributed by atoms with Gasteiger partial charge in [0.25, 0.3) is 0 Å². The van der Waals surface area contributed by atoms with E-state index in [0.29, 0.717) is 6.04 Å². The first-order valence-electron chi connectivity index (χ1n) is 5.82. The van der Waals surface area contributed by atoms with E-state index in [9.17, 15) is 0 Å². The van der Waals surface area contributed by atoms with Crippen LogP contribution in [0.15, 0.2) is 22.7 Å². The fraction of sp³-hybridized carbons (Fsp3) is 0.538. The molecule has 3 nitrogen and oxygen atoms in total. The van der Waals surface area contributed by atoms with Crippen LogP contribution < -0.4 is 15.0 Å². The summed E-state index contributed by atoms with van der Waals surface area (Å²) in [6, 6.07) is 6.57. The molecule has 0 aliphatic carbocycles. The van der Waals surface area contributed by atoms with Crippen LogP contribution in [-0.4, -0.2) is 33.3 Å². The standard InChI is InChI=1S/C13H21BrN2O/c1-10(2)15-7-8-16(3)12-9-11(14)5-6-13(12)17-4/h5-6,9-10,15H,7-8H2,1-4H3. The van der Waals surface area contributed by atoms with Crippen LogP contribution in [0.5, 0.6) is 5.75 Å². The topological polar surface area (TPSA) is 24.5 Å². The summed E-state index contributed by atoms with van der Waals surface area (Å²) in [5.74, 6) is 0.903. The van der Waals surface area contributed by atoms with E-state index in [1.165, 1.54) is 0 Å². The van der Waals surface area contributed by atoms with Crippen LogP contribution in [0.2, 0.25) is 0 Å². The zero-order valence-corrected chi connectivity index (χ0v) is 12.5. The minimum atomic E-state index is 0.521. The van der Waals surface area contributed by atoms with E-state index in [-0.39, 0.29) is 0 Å². The maximum Gasteiger partial charge on any atom is 0.142 e. The lowest BCUT2D eigenvalue weighted by molar-refractivity contribution is 0.414. The predicted molar refractivity (Wildman–Crippen MR) is 77.1 cm³/mol. The molecule has 0 atom stereocenters. The van der Waals surface area contributed by atoms with Crippen LogP contribution in [0.4, 0.5) is 5.69 Å². The fourth-order valence-corrected chi connectivity index (χ4v) is 1.95. The van der Waals surface area contributed by atoms with Crippen molar-refractivity contribution in [2.75, 3.05) is 32.1 Å². The molecule has 1 N–H and O–H groups in total. The number of benzene rings is 1. The molecule has 1 aromatic rings. The van der Waals surface area contributed by atoms with E-state index in [4.69, 9.17) is 4.74 Å². The molecule has 0 aliphatic rings. The van der Waals surface area contributed by atoms with Crippen molar-refractivity contribution in [2.24, 2.45) is 0 Å². The number of hydrogen-bond acceptors (Lipinski definition) is 3. The number of ether oxygens (including phenoxy) is 1. The van der Waals surface area contributed by atoms with E-state index in [0.717, 1.165) is 29.0 Å². The first kappa shape index (κ1) is 14.3. The van der Waals surface area contributed by atoms with Gasteiger partial charge in [0.15, 0.2) is 0 Å². The highest BCUT2D eigenvalue weighted by Gasteiger charge is 2.08. The van der Waals surface area contributed by atoms with Crippen LogP contribution in [0.1, 0.15) is 13.8 Å². The summed E-state index contributed by atoms with van der Waals surface area (Å²) in [7, 11) is 3.78. The number of hydrogen-bond donors (Lipinski definition) is 1. The Balaban J connectivity index is 2.66. The lowest BCUT2D eigenvalue weighted by atomic mass is 10.2. The Morgan fingerprint density at radius 1 is 1.41 bits per heavy atom. The molecule has 0 radical (unpaired) electrons. The average molecular weight is 301 g/mol. The second-order valence-electron chi connectivity index (χ2n) is 4.35. The zero-order valence-electron chi connectivity index (χ0n) is 11.0. The first-order valence-corrected chi connectivity index (χ1v) is 6.62. The Bertz CT molecular complexity index is 355. The van der Waals surface area contributed by atoms with Crippen molar-refractivity contribution in [3.8, 4) is 5.75 Å². The second kappa shape index (κ2) is 6.87. The molecular formula is C13H21BrN2O. The summed E-state index contributed by atoms with van der Waals surface area (Å²) in [5, 5.41) is 3.40. The Kier molecular flexibility index (Phi) is 5.78. The third-order valence-corrected chi connectivity index (χ3v) is 3.05. The van der Waals surface area contributed by atoms with E-state index in [1.807, 2.05) is 12.1 Å². The van der Waals surface area contributed by atoms with Gasteiger partial charge in [0, 0.05) is 30.7 Å². The van der Waals surface area contributed by atoms with Gasteiger partial charge < -0.3 is 15.0 Å². The summed E-state index contributed by atoms with van der Waals surface area (Å²) in [6.45, 7) is 6.22. The highest BCUT2D eigenvalue weighted by Crippen LogP contribution is 2.30. The first-order chi connectivity index (χ1) is 8.04. The van der Waals surface area contributed by atoms with Crippen LogP contribution in [0, 0.1) is 0 Å². The molecule has 0 aliphatic heterocycles. The Morgan fingerprint density at radius 2 is 2.12 bits per heavy atom. The molecule has 0 amide bonds. The molecular weight excluding hydrogens is 280 g/mol. The third kappa shape index (κ3) is 4.56. The SMILES string of the molecule is COc1ccc(Br)cc1N(C)CCNC(C)C. The van der Waals surface area contributed by atoms with Gasteiger partial charge in [-0.1, -0.05) is 29.8 Å². The van der Waals surface area contributed by atoms with Gasteiger partial charge in [-0.25, -0.2) is 0 Å². The van der Waals surface area contributed by atoms with Crippen molar-refractivity contribution in [1.82, 2.24) is 5.32 Å². The van der Waals surface area contributed by atoms with Gasteiger partial charge in [0.05, 0.1) is 12.8 Å². The maximum absolute atomic E-state index is 5.37. The highest BCUT2D eigenvalue weighted by atomic mass is 79.9. The molecule has 0 fully saturated rings. The summed E-state index contributed by atoms with van der Waals surface area (Å²) >= 11 is 3.49. The van der Waals surface area contributed by atoms with Gasteiger partial charge in [0.2, 0.25) is 0 Å². The third-order valence-electron chi connectivity index (χ3n) is 2.55. The molecule has 17 heavy (non-hydrogen) atoms. The van der Waals surface area contributed by atoms with Gasteiger partial charge in [-0.2, -0.15) is 0 Å². The van der Waals surface area contributed by atoms with Gasteiger partial charge in [-0.15, -0.1) is 0 Å². The minimum absolute atomic E-state index is 0.521. The Labute approximate surface area is 112 Å². The van der Waals surface area contributed by atoms with Crippen LogP contribution in [0.25, 0.3) is 0 Å². The normalized spacial score (nSPS) is 10.7. The van der Waals surface area contributed by atoms with Crippen molar-refractivity contribution >= 4 is 21.6 Å². The largest absolute Gasteiger partial charge is 0.495 e. The summed E-state index contributed by atoms with van der Waals surface area (Å²) in [4.78, 5) is 2.19. The lowest BCUT2D eigenvalue weighted by Gasteiger charge is -2.22. The fourth-order valence-electron chi connectivity index (χ4n) is 1.60. The molecule has 0 heterocycles. The van der Waals surface area contributed by atoms with Gasteiger partial charge >= 0.3 is 0 Å². The summed E-state index contributed by atoms with van der Waals surface area (Å²) in [5.41, 5.74) is 1.10. The smallest absolute Gasteiger partial charge is 0.142 e. The molecule has 96 valence electrons. The van der Waals surface area contributed by atoms with Crippen molar-refractivity contribution in [1.29, 1.82) is 0 Å². The van der Waals surface area contributed by atoms with Gasteiger partial charge in [-0.05, 0) is 18.2 Å². The molecule has 1 rings (SSSR count). The number of halogens is 1. The minimum Gasteiger partial charge on any atom is -0.495 e. The highest BCUT2D eigenvalue weighted by molar-refractivity contribution is 9.10. The van der Waals surface area contributed by atoms with E-state index in [1.54, 1.807) is 7.11 Å². The molecule has 0 saturated heterocycles. The molecule has 1 aromatic carbocycles. The molecule has 4 heteroatoms. The number of methoxy groups -OCH3 is 1. The van der Waals surface area contributed by atoms with Crippen molar-refractivity contribution in [3.05, 3.63) is 22.7 Å². The zero-order chi connectivity index (χ0) is 12.8. The monoisotopic (exact) mass is 300 g/mol. The molecule has 0 saturated carbocycles. The number of anilines is 1. The van der Waals surface area contributed by atoms with Gasteiger partial charge in [0.1, 0.15) is 5.75 Å². The number of rotatable bonds is 6. The molecule has 0 spiro atoms. The van der Waals surface area contributed by atoms with E-state index in [2.05, 4.69) is 53.1 Å². The second-order valence-corrected chi connectivity index (χ2v) is 5.26. The van der Waals surface area contributed by atoms with Crippen LogP contribution in [-0.2, 0) is 0 Å². The van der Waals surface area contributed by atoms with Crippen molar-refractivity contribution in [3.63, 3.8) is 0 Å². The summed E-state index contributed by atoms with van der Waals surface area (Å²) < 4.78 is 6.43. The van der Waals surface area contributed by atoms with E-state index >= 15 is 0 Å². The number of likely N-dealkylation sites (N-methyl/N-ethyl adjacent to an activating group) is 1. The van der Waals surface area contributed by atoms with E-state index < -0.39 is 0 Å². The number of nitrogens with zero attached hydrogens (tertiary/aromatic N) is 1. The van der Waals surface area contributed by atoms with Crippen molar-refractivity contribution in [2.45, 2.75) is 19.9 Å². The maximum atomic E-state index is 5.37. The molecule has 0 unspecified atom stereocenters. The molecule has 0 bridgehead atoms. The molecule has 0 aromatic heterocycles. The quantitative estimate of drug-likeness (QED) is 0.874. The summed E-state index contributed by atoms with van der Waals surface area (Å²) in [6.07, 6.45) is 0. The Hall–Kier alpha value is -0.740. The number of nitrogens with one attached hydrogen (secondary N) is 1. The Morgan fingerprint density at radius 3 is 2.71 bits per heavy atom.